The van der Waals surface area contributed by atoms with E-state index in [2.05, 4.69) is 21.4 Å². The van der Waals surface area contributed by atoms with Crippen molar-refractivity contribution in [2.45, 2.75) is 27.2 Å². The molecule has 0 amide bonds. The molecular formula is C11H14N2O3. The van der Waals surface area contributed by atoms with Crippen LogP contribution in [0.4, 0.5) is 0 Å². The van der Waals surface area contributed by atoms with Crippen LogP contribution in [0.15, 0.2) is 0 Å². The van der Waals surface area contributed by atoms with Crippen LogP contribution in [-0.4, -0.2) is 28.9 Å². The summed E-state index contributed by atoms with van der Waals surface area (Å²) < 4.78 is 4.61. The maximum atomic E-state index is 11.4. The number of Topliss-reactive ketones (excluding diaryl/α,β-unsaturated/α-hetero) is 1. The van der Waals surface area contributed by atoms with E-state index in [-0.39, 0.29) is 18.9 Å². The van der Waals surface area contributed by atoms with Crippen molar-refractivity contribution in [1.82, 2.24) is 0 Å². The normalized spacial score (nSPS) is 8.75. The molecule has 5 heteroatoms. The lowest BCUT2D eigenvalue weighted by molar-refractivity contribution is -0.141. The van der Waals surface area contributed by atoms with Crippen molar-refractivity contribution < 1.29 is 19.1 Å². The first-order valence-electron chi connectivity index (χ1n) is 4.84. The van der Waals surface area contributed by atoms with Gasteiger partial charge >= 0.3 is 11.7 Å². The Hall–Kier alpha value is -1.92. The van der Waals surface area contributed by atoms with Gasteiger partial charge in [0.2, 0.25) is 0 Å². The van der Waals surface area contributed by atoms with Gasteiger partial charge in [-0.05, 0) is 12.8 Å². The topological polar surface area (TPSA) is 79.8 Å². The van der Waals surface area contributed by atoms with Gasteiger partial charge in [-0.1, -0.05) is 19.8 Å². The Labute approximate surface area is 94.4 Å². The van der Waals surface area contributed by atoms with E-state index in [1.807, 2.05) is 13.8 Å². The summed E-state index contributed by atoms with van der Waals surface area (Å²) in [4.78, 5) is 25.4. The predicted octanol–water partition coefficient (Wildman–Crippen LogP) is 0.839. The molecule has 0 rings (SSSR count). The largest absolute Gasteiger partial charge is 0.444 e. The van der Waals surface area contributed by atoms with Gasteiger partial charge in [0.05, 0.1) is 0 Å². The van der Waals surface area contributed by atoms with Crippen LogP contribution in [0.3, 0.4) is 0 Å². The average molecular weight is 222 g/mol. The average Bonchev–Trinajstić information content (AvgIpc) is 2.18. The number of hydrogen-bond donors (Lipinski definition) is 0. The summed E-state index contributed by atoms with van der Waals surface area (Å²) in [5, 5.41) is 0. The van der Waals surface area contributed by atoms with Gasteiger partial charge in [-0.2, -0.15) is 4.79 Å². The molecule has 0 atom stereocenters. The van der Waals surface area contributed by atoms with E-state index >= 15 is 0 Å². The number of carbonyl (C=O) groups excluding carboxylic acids is 2. The molecular weight excluding hydrogens is 208 g/mol. The minimum atomic E-state index is -0.948. The summed E-state index contributed by atoms with van der Waals surface area (Å²) in [7, 11) is 0. The molecule has 5 nitrogen and oxygen atoms in total. The van der Waals surface area contributed by atoms with Crippen LogP contribution in [0.1, 0.15) is 27.2 Å². The zero-order valence-corrected chi connectivity index (χ0v) is 9.61. The van der Waals surface area contributed by atoms with Gasteiger partial charge in [-0.15, -0.1) is 5.92 Å². The van der Waals surface area contributed by atoms with Gasteiger partial charge in [0.1, 0.15) is 0 Å². The quantitative estimate of drug-likeness (QED) is 0.173. The Bertz CT molecular complexity index is 382. The third-order valence-electron chi connectivity index (χ3n) is 1.60. The summed E-state index contributed by atoms with van der Waals surface area (Å²) in [6, 6.07) is 0. The lowest BCUT2D eigenvalue weighted by atomic mass is 10.0. The SMILES string of the molecule is CC#CCOC(=O)C(=[N+]=[N-])C(=O)CC(C)C. The van der Waals surface area contributed by atoms with Gasteiger partial charge in [-0.3, -0.25) is 4.79 Å². The van der Waals surface area contributed by atoms with Gasteiger partial charge in [-0.25, -0.2) is 4.79 Å². The van der Waals surface area contributed by atoms with Crippen LogP contribution in [0.2, 0.25) is 0 Å². The minimum absolute atomic E-state index is 0.0764. The lowest BCUT2D eigenvalue weighted by Gasteiger charge is -1.99. The zero-order chi connectivity index (χ0) is 12.6. The number of rotatable bonds is 5. The van der Waals surface area contributed by atoms with Gasteiger partial charge < -0.3 is 10.3 Å². The van der Waals surface area contributed by atoms with E-state index in [0.29, 0.717) is 0 Å². The Kier molecular flexibility index (Phi) is 6.50. The van der Waals surface area contributed by atoms with Crippen LogP contribution in [0.5, 0.6) is 0 Å². The smallest absolute Gasteiger partial charge is 0.441 e. The summed E-state index contributed by atoms with van der Waals surface area (Å²) >= 11 is 0. The molecule has 0 aromatic heterocycles. The van der Waals surface area contributed by atoms with Crippen LogP contribution in [-0.2, 0) is 14.3 Å². The van der Waals surface area contributed by atoms with Gasteiger partial charge in [0.15, 0.2) is 6.61 Å². The Morgan fingerprint density at radius 2 is 2.06 bits per heavy atom. The van der Waals surface area contributed by atoms with Crippen molar-refractivity contribution in [3.63, 3.8) is 0 Å². The molecule has 86 valence electrons. The highest BCUT2D eigenvalue weighted by atomic mass is 16.5. The fourth-order valence-electron chi connectivity index (χ4n) is 0.920. The first-order valence-corrected chi connectivity index (χ1v) is 4.84. The number of nitrogens with zero attached hydrogens (tertiary/aromatic N) is 2. The first kappa shape index (κ1) is 14.1. The van der Waals surface area contributed by atoms with E-state index in [0.717, 1.165) is 0 Å². The molecule has 0 saturated carbocycles. The summed E-state index contributed by atoms with van der Waals surface area (Å²) in [5.74, 6) is 3.62. The maximum Gasteiger partial charge on any atom is 0.441 e. The molecule has 0 unspecified atom stereocenters. The number of ether oxygens (including phenoxy) is 1. The maximum absolute atomic E-state index is 11.4. The van der Waals surface area contributed by atoms with Crippen LogP contribution in [0.25, 0.3) is 5.53 Å². The van der Waals surface area contributed by atoms with Gasteiger partial charge in [0.25, 0.3) is 5.78 Å². The number of carbonyl (C=O) groups is 2. The molecule has 0 saturated heterocycles. The summed E-state index contributed by atoms with van der Waals surface area (Å²) in [6.45, 7) is 5.11. The molecule has 0 fully saturated rings. The van der Waals surface area contributed by atoms with Crippen LogP contribution >= 0.6 is 0 Å². The van der Waals surface area contributed by atoms with Crippen molar-refractivity contribution >= 4 is 17.5 Å². The number of hydrogen-bond acceptors (Lipinski definition) is 3. The summed E-state index contributed by atoms with van der Waals surface area (Å²) in [6.07, 6.45) is 0.133. The van der Waals surface area contributed by atoms with Crippen LogP contribution in [0, 0.1) is 17.8 Å². The third-order valence-corrected chi connectivity index (χ3v) is 1.60. The Balaban J connectivity index is 4.49. The van der Waals surface area contributed by atoms with E-state index < -0.39 is 17.5 Å². The predicted molar refractivity (Wildman–Crippen MR) is 57.5 cm³/mol. The molecule has 0 aromatic rings. The first-order chi connectivity index (χ1) is 7.52. The zero-order valence-electron chi connectivity index (χ0n) is 9.61. The molecule has 0 N–H and O–H groups in total. The van der Waals surface area contributed by atoms with E-state index in [1.54, 1.807) is 6.92 Å². The standard InChI is InChI=1S/C11H14N2O3/c1-4-5-6-16-11(15)10(13-12)9(14)7-8(2)3/h8H,6-7H2,1-3H3. The fraction of sp³-hybridized carbons (Fsp3) is 0.545. The second-order valence-electron chi connectivity index (χ2n) is 3.47. The van der Waals surface area contributed by atoms with Gasteiger partial charge in [0, 0.05) is 6.42 Å². The molecule has 0 bridgehead atoms. The highest BCUT2D eigenvalue weighted by Crippen LogP contribution is 2.01. The molecule has 0 spiro atoms. The lowest BCUT2D eigenvalue weighted by Crippen LogP contribution is -2.28. The Morgan fingerprint density at radius 1 is 1.44 bits per heavy atom. The number of ketones is 1. The molecule has 0 radical (unpaired) electrons. The summed E-state index contributed by atoms with van der Waals surface area (Å²) in [5.41, 5.74) is 7.99. The van der Waals surface area contributed by atoms with Crippen molar-refractivity contribution in [3.8, 4) is 11.8 Å². The van der Waals surface area contributed by atoms with Crippen molar-refractivity contribution in [3.05, 3.63) is 5.53 Å². The second kappa shape index (κ2) is 7.38. The molecule has 0 aliphatic heterocycles. The molecule has 0 aromatic carbocycles. The fourth-order valence-corrected chi connectivity index (χ4v) is 0.920. The highest BCUT2D eigenvalue weighted by Gasteiger charge is 2.31. The molecule has 0 heterocycles. The highest BCUT2D eigenvalue weighted by molar-refractivity contribution is 6.62. The van der Waals surface area contributed by atoms with Crippen molar-refractivity contribution in [2.75, 3.05) is 6.61 Å². The monoisotopic (exact) mass is 222 g/mol. The second-order valence-corrected chi connectivity index (χ2v) is 3.47. The third kappa shape index (κ3) is 5.08. The van der Waals surface area contributed by atoms with E-state index in [1.165, 1.54) is 0 Å². The van der Waals surface area contributed by atoms with Crippen LogP contribution < -0.4 is 0 Å². The number of esters is 1. The molecule has 16 heavy (non-hydrogen) atoms. The van der Waals surface area contributed by atoms with E-state index in [4.69, 9.17) is 5.53 Å². The molecule has 0 aliphatic carbocycles. The van der Waals surface area contributed by atoms with Crippen molar-refractivity contribution in [2.24, 2.45) is 5.92 Å². The Morgan fingerprint density at radius 3 is 2.50 bits per heavy atom. The molecule has 0 aliphatic rings. The van der Waals surface area contributed by atoms with Crippen molar-refractivity contribution in [1.29, 1.82) is 0 Å². The minimum Gasteiger partial charge on any atom is -0.444 e. The van der Waals surface area contributed by atoms with E-state index in [9.17, 15) is 9.59 Å².